The quantitative estimate of drug-likeness (QED) is 0.431. The average molecular weight is 306 g/mol. The van der Waals surface area contributed by atoms with Gasteiger partial charge in [-0.25, -0.2) is 4.79 Å². The third-order valence-corrected chi connectivity index (χ3v) is 4.68. The number of benzene rings is 2. The molecule has 23 heavy (non-hydrogen) atoms. The van der Waals surface area contributed by atoms with Gasteiger partial charge in [0.15, 0.2) is 0 Å². The van der Waals surface area contributed by atoms with E-state index in [1.54, 1.807) is 12.1 Å². The monoisotopic (exact) mass is 306 g/mol. The van der Waals surface area contributed by atoms with Gasteiger partial charge in [0.25, 0.3) is 0 Å². The molecular weight excluding hydrogens is 284 g/mol. The molecule has 0 bridgehead atoms. The van der Waals surface area contributed by atoms with Gasteiger partial charge in [-0.3, -0.25) is 0 Å². The fourth-order valence-electron chi connectivity index (χ4n) is 3.23. The van der Waals surface area contributed by atoms with Crippen molar-refractivity contribution in [1.82, 2.24) is 0 Å². The Morgan fingerprint density at radius 3 is 2.22 bits per heavy atom. The van der Waals surface area contributed by atoms with Crippen LogP contribution in [0.2, 0.25) is 0 Å². The molecule has 0 radical (unpaired) electrons. The van der Waals surface area contributed by atoms with Crippen molar-refractivity contribution in [2.45, 2.75) is 31.6 Å². The van der Waals surface area contributed by atoms with Crippen molar-refractivity contribution >= 4 is 5.97 Å². The normalized spacial score (nSPS) is 20.7. The predicted molar refractivity (Wildman–Crippen MR) is 92.7 cm³/mol. The minimum absolute atomic E-state index is 0.307. The molecule has 0 spiro atoms. The predicted octanol–water partition coefficient (Wildman–Crippen LogP) is 5.37. The molecule has 0 aliphatic heterocycles. The molecule has 2 nitrogen and oxygen atoms in total. The van der Waals surface area contributed by atoms with Crippen molar-refractivity contribution < 1.29 is 9.53 Å². The molecule has 0 N–H and O–H groups in total. The van der Waals surface area contributed by atoms with Crippen LogP contribution in [0.3, 0.4) is 0 Å². The summed E-state index contributed by atoms with van der Waals surface area (Å²) in [6.45, 7) is 3.90. The van der Waals surface area contributed by atoms with Gasteiger partial charge in [0, 0.05) is 0 Å². The summed E-state index contributed by atoms with van der Waals surface area (Å²) >= 11 is 0. The van der Waals surface area contributed by atoms with Crippen LogP contribution in [0.15, 0.2) is 67.3 Å². The lowest BCUT2D eigenvalue weighted by molar-refractivity contribution is 0.0735. The van der Waals surface area contributed by atoms with E-state index in [1.807, 2.05) is 30.3 Å². The van der Waals surface area contributed by atoms with Crippen molar-refractivity contribution in [2.75, 3.05) is 0 Å². The Balaban J connectivity index is 1.63. The maximum atomic E-state index is 12.2. The maximum Gasteiger partial charge on any atom is 0.343 e. The third kappa shape index (κ3) is 3.89. The summed E-state index contributed by atoms with van der Waals surface area (Å²) in [7, 11) is 0. The Morgan fingerprint density at radius 1 is 0.957 bits per heavy atom. The molecule has 1 aliphatic rings. The van der Waals surface area contributed by atoms with E-state index >= 15 is 0 Å². The summed E-state index contributed by atoms with van der Waals surface area (Å²) in [5, 5.41) is 0. The lowest BCUT2D eigenvalue weighted by Gasteiger charge is -2.26. The highest BCUT2D eigenvalue weighted by Gasteiger charge is 2.20. The van der Waals surface area contributed by atoms with Crippen molar-refractivity contribution in [3.8, 4) is 5.75 Å². The van der Waals surface area contributed by atoms with E-state index in [1.165, 1.54) is 31.2 Å². The number of carbonyl (C=O) groups excluding carboxylic acids is 1. The SMILES string of the molecule is C=CC1CCC(c2ccc(C(=O)Oc3ccccc3)cc2)CC1. The Labute approximate surface area is 137 Å². The highest BCUT2D eigenvalue weighted by molar-refractivity contribution is 5.91. The van der Waals surface area contributed by atoms with Crippen LogP contribution in [0.1, 0.15) is 47.5 Å². The van der Waals surface area contributed by atoms with Gasteiger partial charge < -0.3 is 4.74 Å². The zero-order chi connectivity index (χ0) is 16.1. The van der Waals surface area contributed by atoms with Gasteiger partial charge in [-0.1, -0.05) is 36.4 Å². The Morgan fingerprint density at radius 2 is 1.61 bits per heavy atom. The van der Waals surface area contributed by atoms with E-state index in [9.17, 15) is 4.79 Å². The summed E-state index contributed by atoms with van der Waals surface area (Å²) < 4.78 is 5.36. The molecule has 0 saturated heterocycles. The molecule has 0 heterocycles. The van der Waals surface area contributed by atoms with Gasteiger partial charge in [-0.15, -0.1) is 6.58 Å². The molecule has 1 fully saturated rings. The number of para-hydroxylation sites is 1. The van der Waals surface area contributed by atoms with E-state index < -0.39 is 0 Å². The van der Waals surface area contributed by atoms with E-state index in [2.05, 4.69) is 24.8 Å². The second-order valence-electron chi connectivity index (χ2n) is 6.17. The smallest absolute Gasteiger partial charge is 0.343 e. The molecule has 3 rings (SSSR count). The molecule has 0 amide bonds. The van der Waals surface area contributed by atoms with Crippen molar-refractivity contribution in [1.29, 1.82) is 0 Å². The molecule has 2 heteroatoms. The molecule has 2 aromatic carbocycles. The number of allylic oxidation sites excluding steroid dienone is 1. The highest BCUT2D eigenvalue weighted by atomic mass is 16.5. The van der Waals surface area contributed by atoms with E-state index in [0.717, 1.165) is 0 Å². The summed E-state index contributed by atoms with van der Waals surface area (Å²) in [5.41, 5.74) is 1.92. The van der Waals surface area contributed by atoms with Gasteiger partial charge >= 0.3 is 5.97 Å². The molecule has 0 aromatic heterocycles. The average Bonchev–Trinajstić information content (AvgIpc) is 2.63. The Kier molecular flexibility index (Phi) is 4.92. The topological polar surface area (TPSA) is 26.3 Å². The maximum absolute atomic E-state index is 12.2. The largest absolute Gasteiger partial charge is 0.423 e. The standard InChI is InChI=1S/C21H22O2/c1-2-16-8-10-17(11-9-16)18-12-14-19(15-13-18)21(22)23-20-6-4-3-5-7-20/h2-7,12-17H,1,8-11H2. The fraction of sp³-hybridized carbons (Fsp3) is 0.286. The second kappa shape index (κ2) is 7.28. The Hall–Kier alpha value is -2.35. The van der Waals surface area contributed by atoms with Crippen LogP contribution in [0.25, 0.3) is 0 Å². The van der Waals surface area contributed by atoms with Crippen LogP contribution >= 0.6 is 0 Å². The van der Waals surface area contributed by atoms with E-state index in [4.69, 9.17) is 4.74 Å². The van der Waals surface area contributed by atoms with E-state index in [0.29, 0.717) is 23.1 Å². The van der Waals surface area contributed by atoms with Gasteiger partial charge in [0.05, 0.1) is 5.56 Å². The minimum atomic E-state index is -0.307. The lowest BCUT2D eigenvalue weighted by atomic mass is 9.79. The fourth-order valence-corrected chi connectivity index (χ4v) is 3.23. The molecule has 2 aromatic rings. The van der Waals surface area contributed by atoms with Crippen LogP contribution < -0.4 is 4.74 Å². The first-order valence-corrected chi connectivity index (χ1v) is 8.26. The first kappa shape index (κ1) is 15.5. The summed E-state index contributed by atoms with van der Waals surface area (Å²) in [6.07, 6.45) is 6.91. The number of esters is 1. The van der Waals surface area contributed by atoms with Crippen molar-refractivity contribution in [3.05, 3.63) is 78.4 Å². The van der Waals surface area contributed by atoms with Crippen molar-refractivity contribution in [3.63, 3.8) is 0 Å². The first-order chi connectivity index (χ1) is 11.3. The third-order valence-electron chi connectivity index (χ3n) is 4.68. The van der Waals surface area contributed by atoms with Gasteiger partial charge in [-0.2, -0.15) is 0 Å². The van der Waals surface area contributed by atoms with Crippen LogP contribution in [0, 0.1) is 5.92 Å². The molecule has 118 valence electrons. The molecule has 1 aliphatic carbocycles. The van der Waals surface area contributed by atoms with Crippen LogP contribution in [-0.2, 0) is 0 Å². The Bertz CT molecular complexity index is 650. The number of hydrogen-bond acceptors (Lipinski definition) is 2. The zero-order valence-electron chi connectivity index (χ0n) is 13.3. The van der Waals surface area contributed by atoms with E-state index in [-0.39, 0.29) is 5.97 Å². The minimum Gasteiger partial charge on any atom is -0.423 e. The van der Waals surface area contributed by atoms with Crippen LogP contribution in [-0.4, -0.2) is 5.97 Å². The number of ether oxygens (including phenoxy) is 1. The summed E-state index contributed by atoms with van der Waals surface area (Å²) in [6, 6.07) is 17.1. The molecule has 0 unspecified atom stereocenters. The van der Waals surface area contributed by atoms with Crippen LogP contribution in [0.4, 0.5) is 0 Å². The number of hydrogen-bond donors (Lipinski definition) is 0. The summed E-state index contributed by atoms with van der Waals surface area (Å²) in [5.74, 6) is 1.54. The van der Waals surface area contributed by atoms with Crippen LogP contribution in [0.5, 0.6) is 5.75 Å². The van der Waals surface area contributed by atoms with Gasteiger partial charge in [-0.05, 0) is 67.3 Å². The summed E-state index contributed by atoms with van der Waals surface area (Å²) in [4.78, 5) is 12.2. The molecule has 0 atom stereocenters. The van der Waals surface area contributed by atoms with Gasteiger partial charge in [0.2, 0.25) is 0 Å². The molecular formula is C21H22O2. The van der Waals surface area contributed by atoms with Gasteiger partial charge in [0.1, 0.15) is 5.75 Å². The first-order valence-electron chi connectivity index (χ1n) is 8.26. The van der Waals surface area contributed by atoms with Crippen molar-refractivity contribution in [2.24, 2.45) is 5.92 Å². The second-order valence-corrected chi connectivity index (χ2v) is 6.17. The highest BCUT2D eigenvalue weighted by Crippen LogP contribution is 2.36. The lowest BCUT2D eigenvalue weighted by Crippen LogP contribution is -2.12. The number of rotatable bonds is 4. The number of carbonyl (C=O) groups is 1. The molecule has 1 saturated carbocycles. The zero-order valence-corrected chi connectivity index (χ0v) is 13.3.